The van der Waals surface area contributed by atoms with Crippen LogP contribution in [0.5, 0.6) is 0 Å². The van der Waals surface area contributed by atoms with Gasteiger partial charge in [-0.3, -0.25) is 4.98 Å². The van der Waals surface area contributed by atoms with Crippen LogP contribution >= 0.6 is 11.3 Å². The van der Waals surface area contributed by atoms with Crippen LogP contribution in [0.3, 0.4) is 0 Å². The van der Waals surface area contributed by atoms with E-state index in [0.29, 0.717) is 0 Å². The molecule has 96 valence electrons. The van der Waals surface area contributed by atoms with Crippen molar-refractivity contribution in [1.29, 1.82) is 0 Å². The van der Waals surface area contributed by atoms with Crippen LogP contribution in [-0.2, 0) is 0 Å². The van der Waals surface area contributed by atoms with Crippen molar-refractivity contribution in [3.05, 3.63) is 54.2 Å². The Labute approximate surface area is 119 Å². The van der Waals surface area contributed by atoms with Crippen LogP contribution in [0.4, 0.5) is 0 Å². The Morgan fingerprint density at radius 3 is 2.65 bits per heavy atom. The Hall–Kier alpha value is -2.53. The number of aromatic amines is 1. The molecule has 0 atom stereocenters. The Morgan fingerprint density at radius 1 is 0.950 bits per heavy atom. The molecule has 0 radical (unpaired) electrons. The highest BCUT2D eigenvalue weighted by atomic mass is 32.1. The summed E-state index contributed by atoms with van der Waals surface area (Å²) in [6.45, 7) is 0. The van der Waals surface area contributed by atoms with Gasteiger partial charge in [-0.2, -0.15) is 0 Å². The number of pyridine rings is 1. The van der Waals surface area contributed by atoms with Crippen molar-refractivity contribution >= 4 is 22.4 Å². The Bertz CT molecular complexity index is 831. The number of rotatable bonds is 2. The van der Waals surface area contributed by atoms with Crippen molar-refractivity contribution in [2.45, 2.75) is 0 Å². The summed E-state index contributed by atoms with van der Waals surface area (Å²) in [7, 11) is 0. The van der Waals surface area contributed by atoms with Crippen LogP contribution in [0.25, 0.3) is 33.1 Å². The smallest absolute Gasteiger partial charge is 0.167 e. The second kappa shape index (κ2) is 4.54. The minimum Gasteiger partial charge on any atom is -0.336 e. The lowest BCUT2D eigenvalue weighted by Gasteiger charge is -1.93. The van der Waals surface area contributed by atoms with E-state index < -0.39 is 0 Å². The number of H-pyrrole nitrogens is 1. The number of hydrogen-bond donors (Lipinski definition) is 1. The van der Waals surface area contributed by atoms with E-state index in [1.165, 1.54) is 0 Å². The molecule has 0 amide bonds. The zero-order chi connectivity index (χ0) is 13.4. The molecule has 0 fully saturated rings. The third-order valence-electron chi connectivity index (χ3n) is 3.07. The lowest BCUT2D eigenvalue weighted by Crippen LogP contribution is -1.81. The van der Waals surface area contributed by atoms with E-state index in [2.05, 4.69) is 19.9 Å². The molecule has 4 rings (SSSR count). The van der Waals surface area contributed by atoms with Crippen molar-refractivity contribution in [3.63, 3.8) is 0 Å². The molecule has 0 saturated heterocycles. The van der Waals surface area contributed by atoms with Gasteiger partial charge in [-0.15, -0.1) is 11.3 Å². The maximum atomic E-state index is 4.64. The van der Waals surface area contributed by atoms with Crippen molar-refractivity contribution in [1.82, 2.24) is 19.9 Å². The number of fused-ring (bicyclic) bond motifs is 1. The van der Waals surface area contributed by atoms with Crippen molar-refractivity contribution in [2.24, 2.45) is 0 Å². The fraction of sp³-hybridized carbons (Fsp3) is 0. The number of para-hydroxylation sites is 2. The first-order valence-electron chi connectivity index (χ1n) is 6.21. The van der Waals surface area contributed by atoms with E-state index in [0.717, 1.165) is 33.1 Å². The van der Waals surface area contributed by atoms with Gasteiger partial charge < -0.3 is 4.98 Å². The summed E-state index contributed by atoms with van der Waals surface area (Å²) in [6, 6.07) is 11.9. The molecule has 0 saturated carbocycles. The largest absolute Gasteiger partial charge is 0.336 e. The minimum atomic E-state index is 0.816. The van der Waals surface area contributed by atoms with Gasteiger partial charge >= 0.3 is 0 Å². The van der Waals surface area contributed by atoms with Crippen LogP contribution in [-0.4, -0.2) is 19.9 Å². The second-order valence-electron chi connectivity index (χ2n) is 4.38. The summed E-state index contributed by atoms with van der Waals surface area (Å²) in [4.78, 5) is 16.5. The quantitative estimate of drug-likeness (QED) is 0.607. The molecular weight excluding hydrogens is 268 g/mol. The summed E-state index contributed by atoms with van der Waals surface area (Å²) in [5.41, 5.74) is 4.01. The fourth-order valence-corrected chi connectivity index (χ4v) is 2.86. The maximum absolute atomic E-state index is 4.64. The topological polar surface area (TPSA) is 54.5 Å². The predicted octanol–water partition coefficient (Wildman–Crippen LogP) is 3.75. The van der Waals surface area contributed by atoms with Gasteiger partial charge in [0, 0.05) is 23.3 Å². The van der Waals surface area contributed by atoms with E-state index >= 15 is 0 Å². The lowest BCUT2D eigenvalue weighted by molar-refractivity contribution is 1.28. The Morgan fingerprint density at radius 2 is 1.80 bits per heavy atom. The summed E-state index contributed by atoms with van der Waals surface area (Å²) < 4.78 is 0. The highest BCUT2D eigenvalue weighted by Crippen LogP contribution is 2.28. The van der Waals surface area contributed by atoms with Crippen molar-refractivity contribution < 1.29 is 0 Å². The normalized spacial score (nSPS) is 11.0. The molecule has 3 heterocycles. The van der Waals surface area contributed by atoms with Crippen LogP contribution in [0, 0.1) is 0 Å². The molecule has 0 aliphatic rings. The molecule has 0 aliphatic heterocycles. The maximum Gasteiger partial charge on any atom is 0.167 e. The molecule has 0 aliphatic carbocycles. The van der Waals surface area contributed by atoms with Gasteiger partial charge in [0.1, 0.15) is 0 Å². The van der Waals surface area contributed by atoms with Crippen molar-refractivity contribution in [3.8, 4) is 22.1 Å². The second-order valence-corrected chi connectivity index (χ2v) is 5.23. The zero-order valence-corrected chi connectivity index (χ0v) is 11.3. The Balaban J connectivity index is 1.78. The fourth-order valence-electron chi connectivity index (χ4n) is 2.09. The highest BCUT2D eigenvalue weighted by molar-refractivity contribution is 7.13. The summed E-state index contributed by atoms with van der Waals surface area (Å²) in [6.07, 6.45) is 3.55. The van der Waals surface area contributed by atoms with Crippen molar-refractivity contribution in [2.75, 3.05) is 0 Å². The monoisotopic (exact) mass is 278 g/mol. The number of hydrogen-bond acceptors (Lipinski definition) is 4. The molecule has 1 N–H and O–H groups in total. The first-order chi connectivity index (χ1) is 9.90. The molecule has 0 spiro atoms. The molecule has 5 heteroatoms. The molecule has 20 heavy (non-hydrogen) atoms. The van der Waals surface area contributed by atoms with E-state index in [-0.39, 0.29) is 0 Å². The van der Waals surface area contributed by atoms with E-state index in [1.54, 1.807) is 23.7 Å². The SMILES string of the molecule is c1ccc2[nH]c(-c3nc(-c4ccncc4)cs3)nc2c1. The van der Waals surface area contributed by atoms with Crippen LogP contribution in [0.1, 0.15) is 0 Å². The minimum absolute atomic E-state index is 0.816. The van der Waals surface area contributed by atoms with Gasteiger partial charge in [-0.05, 0) is 24.3 Å². The third-order valence-corrected chi connectivity index (χ3v) is 3.92. The van der Waals surface area contributed by atoms with Gasteiger partial charge in [-0.1, -0.05) is 12.1 Å². The van der Waals surface area contributed by atoms with Crippen LogP contribution in [0.2, 0.25) is 0 Å². The number of benzene rings is 1. The van der Waals surface area contributed by atoms with Gasteiger partial charge in [0.2, 0.25) is 0 Å². The predicted molar refractivity (Wildman–Crippen MR) is 80.4 cm³/mol. The van der Waals surface area contributed by atoms with Gasteiger partial charge in [-0.25, -0.2) is 9.97 Å². The van der Waals surface area contributed by atoms with E-state index in [9.17, 15) is 0 Å². The molecule has 0 bridgehead atoms. The summed E-state index contributed by atoms with van der Waals surface area (Å²) >= 11 is 1.59. The van der Waals surface area contributed by atoms with Crippen LogP contribution in [0.15, 0.2) is 54.2 Å². The van der Waals surface area contributed by atoms with Gasteiger partial charge in [0.25, 0.3) is 0 Å². The van der Waals surface area contributed by atoms with E-state index in [4.69, 9.17) is 0 Å². The zero-order valence-electron chi connectivity index (χ0n) is 10.4. The molecular formula is C15H10N4S. The number of imidazole rings is 1. The first-order valence-corrected chi connectivity index (χ1v) is 7.09. The average molecular weight is 278 g/mol. The standard InChI is InChI=1S/C15H10N4S/c1-2-4-12-11(3-1)17-14(18-12)15-19-13(9-20-15)10-5-7-16-8-6-10/h1-9H,(H,17,18). The lowest BCUT2D eigenvalue weighted by atomic mass is 10.2. The summed E-state index contributed by atoms with van der Waals surface area (Å²) in [5.74, 6) is 0.816. The first kappa shape index (κ1) is 11.3. The third kappa shape index (κ3) is 1.88. The van der Waals surface area contributed by atoms with Crippen LogP contribution < -0.4 is 0 Å². The van der Waals surface area contributed by atoms with Gasteiger partial charge in [0.05, 0.1) is 16.7 Å². The van der Waals surface area contributed by atoms with Gasteiger partial charge in [0.15, 0.2) is 10.8 Å². The number of nitrogens with zero attached hydrogens (tertiary/aromatic N) is 3. The number of nitrogens with one attached hydrogen (secondary N) is 1. The summed E-state index contributed by atoms with van der Waals surface area (Å²) in [5, 5.41) is 2.94. The van der Waals surface area contributed by atoms with E-state index in [1.807, 2.05) is 41.8 Å². The molecule has 1 aromatic carbocycles. The number of aromatic nitrogens is 4. The number of thiazole rings is 1. The molecule has 3 aromatic heterocycles. The highest BCUT2D eigenvalue weighted by Gasteiger charge is 2.10. The Kier molecular flexibility index (Phi) is 2.57. The molecule has 0 unspecified atom stereocenters. The average Bonchev–Trinajstić information content (AvgIpc) is 3.14. The molecule has 4 nitrogen and oxygen atoms in total. The molecule has 4 aromatic rings.